The van der Waals surface area contributed by atoms with Crippen LogP contribution in [0.5, 0.6) is 0 Å². The summed E-state index contributed by atoms with van der Waals surface area (Å²) in [6.07, 6.45) is 3.17. The van der Waals surface area contributed by atoms with Crippen molar-refractivity contribution in [3.63, 3.8) is 0 Å². The molecule has 0 atom stereocenters. The van der Waals surface area contributed by atoms with Crippen molar-refractivity contribution >= 4 is 49.4 Å². The van der Waals surface area contributed by atoms with Crippen molar-refractivity contribution in [2.75, 3.05) is 17.3 Å². The number of pyridine rings is 2. The second-order valence-electron chi connectivity index (χ2n) is 6.42. The van der Waals surface area contributed by atoms with Crippen LogP contribution in [0.4, 0.5) is 5.69 Å². The lowest BCUT2D eigenvalue weighted by atomic mass is 10.1. The molecule has 3 heterocycles. The molecule has 0 aliphatic carbocycles. The van der Waals surface area contributed by atoms with E-state index in [0.717, 1.165) is 12.4 Å². The van der Waals surface area contributed by atoms with Gasteiger partial charge in [-0.3, -0.25) is 14.5 Å². The van der Waals surface area contributed by atoms with E-state index in [0.29, 0.717) is 21.8 Å². The molecule has 148 valence electrons. The first kappa shape index (κ1) is 19.6. The first-order chi connectivity index (χ1) is 14.0. The molecular formula is C21H19N3O3S2. The lowest BCUT2D eigenvalue weighted by Crippen LogP contribution is -2.17. The van der Waals surface area contributed by atoms with E-state index in [1.165, 1.54) is 16.6 Å². The van der Waals surface area contributed by atoms with Crippen molar-refractivity contribution < 1.29 is 13.0 Å². The number of fused-ring (bicyclic) bond motifs is 4. The predicted octanol–water partition coefficient (Wildman–Crippen LogP) is 4.61. The summed E-state index contributed by atoms with van der Waals surface area (Å²) in [6.45, 7) is 3.31. The minimum absolute atomic E-state index is 0.147. The fourth-order valence-corrected chi connectivity index (χ4v) is 5.13. The third-order valence-corrected chi connectivity index (χ3v) is 6.66. The molecule has 1 N–H and O–H groups in total. The van der Waals surface area contributed by atoms with Gasteiger partial charge in [0.1, 0.15) is 4.90 Å². The van der Waals surface area contributed by atoms with Crippen LogP contribution in [0.3, 0.4) is 0 Å². The SMILES string of the molecule is CCN1CSc2ccccc21.O=S(=O)(O)c1cc2cccnc2c2ncccc12. The van der Waals surface area contributed by atoms with E-state index >= 15 is 0 Å². The maximum Gasteiger partial charge on any atom is 0.295 e. The van der Waals surface area contributed by atoms with E-state index in [1.54, 1.807) is 36.7 Å². The average molecular weight is 426 g/mol. The summed E-state index contributed by atoms with van der Waals surface area (Å²) < 4.78 is 32.1. The van der Waals surface area contributed by atoms with E-state index in [9.17, 15) is 13.0 Å². The first-order valence-electron chi connectivity index (χ1n) is 9.05. The van der Waals surface area contributed by atoms with E-state index in [2.05, 4.69) is 46.1 Å². The van der Waals surface area contributed by atoms with Crippen LogP contribution in [0.15, 0.2) is 76.8 Å². The molecule has 5 rings (SSSR count). The van der Waals surface area contributed by atoms with E-state index in [-0.39, 0.29) is 4.90 Å². The molecule has 8 heteroatoms. The topological polar surface area (TPSA) is 83.4 Å². The van der Waals surface area contributed by atoms with Gasteiger partial charge in [-0.05, 0) is 43.3 Å². The maximum absolute atomic E-state index is 11.4. The molecule has 0 saturated carbocycles. The molecule has 0 unspecified atom stereocenters. The molecule has 0 radical (unpaired) electrons. The molecule has 1 aliphatic heterocycles. The molecule has 4 aromatic rings. The number of benzene rings is 2. The normalized spacial score (nSPS) is 13.2. The van der Waals surface area contributed by atoms with Gasteiger partial charge in [0.05, 0.1) is 22.6 Å². The van der Waals surface area contributed by atoms with Crippen LogP contribution in [0.25, 0.3) is 21.8 Å². The predicted molar refractivity (Wildman–Crippen MR) is 117 cm³/mol. The Bertz CT molecular complexity index is 1290. The van der Waals surface area contributed by atoms with Gasteiger partial charge in [0.25, 0.3) is 10.1 Å². The van der Waals surface area contributed by atoms with E-state index in [4.69, 9.17) is 0 Å². The minimum atomic E-state index is -4.29. The summed E-state index contributed by atoms with van der Waals surface area (Å²) in [4.78, 5) is 12.0. The molecule has 0 spiro atoms. The zero-order chi connectivity index (χ0) is 20.4. The van der Waals surface area contributed by atoms with Gasteiger partial charge < -0.3 is 4.90 Å². The van der Waals surface area contributed by atoms with Crippen LogP contribution in [0, 0.1) is 0 Å². The van der Waals surface area contributed by atoms with Gasteiger partial charge in [0.15, 0.2) is 0 Å². The van der Waals surface area contributed by atoms with E-state index < -0.39 is 10.1 Å². The van der Waals surface area contributed by atoms with Crippen LogP contribution in [0.1, 0.15) is 6.92 Å². The quantitative estimate of drug-likeness (QED) is 0.371. The van der Waals surface area contributed by atoms with Crippen molar-refractivity contribution in [3.8, 4) is 0 Å². The fraction of sp³-hybridized carbons (Fsp3) is 0.143. The van der Waals surface area contributed by atoms with Crippen LogP contribution < -0.4 is 4.90 Å². The largest absolute Gasteiger partial charge is 0.361 e. The molecule has 1 aliphatic rings. The lowest BCUT2D eigenvalue weighted by molar-refractivity contribution is 0.484. The molecule has 2 aromatic carbocycles. The van der Waals surface area contributed by atoms with Crippen molar-refractivity contribution in [1.29, 1.82) is 0 Å². The summed E-state index contributed by atoms with van der Waals surface area (Å²) in [6, 6.07) is 16.6. The van der Waals surface area contributed by atoms with Crippen LogP contribution in [-0.2, 0) is 10.1 Å². The second kappa shape index (κ2) is 7.98. The van der Waals surface area contributed by atoms with Crippen molar-refractivity contribution in [2.45, 2.75) is 16.7 Å². The highest BCUT2D eigenvalue weighted by Crippen LogP contribution is 2.37. The number of nitrogens with zero attached hydrogens (tertiary/aromatic N) is 3. The smallest absolute Gasteiger partial charge is 0.295 e. The Morgan fingerprint density at radius 3 is 2.52 bits per heavy atom. The number of aromatic nitrogens is 2. The van der Waals surface area contributed by atoms with Gasteiger partial charge in [-0.25, -0.2) is 0 Å². The Balaban J connectivity index is 0.000000159. The zero-order valence-electron chi connectivity index (χ0n) is 15.7. The summed E-state index contributed by atoms with van der Waals surface area (Å²) in [7, 11) is -4.29. The number of thioether (sulfide) groups is 1. The lowest BCUT2D eigenvalue weighted by Gasteiger charge is -2.14. The van der Waals surface area contributed by atoms with Crippen LogP contribution in [-0.4, -0.2) is 35.4 Å². The Morgan fingerprint density at radius 1 is 1.03 bits per heavy atom. The highest BCUT2D eigenvalue weighted by atomic mass is 32.2. The van der Waals surface area contributed by atoms with Crippen molar-refractivity contribution in [1.82, 2.24) is 9.97 Å². The number of rotatable bonds is 2. The Kier molecular flexibility index (Phi) is 5.40. The number of hydrogen-bond donors (Lipinski definition) is 1. The van der Waals surface area contributed by atoms with Gasteiger partial charge in [0.2, 0.25) is 0 Å². The summed E-state index contributed by atoms with van der Waals surface area (Å²) in [5, 5.41) is 0.988. The molecule has 0 bridgehead atoms. The first-order valence-corrected chi connectivity index (χ1v) is 11.5. The van der Waals surface area contributed by atoms with Crippen molar-refractivity contribution in [3.05, 3.63) is 67.0 Å². The Morgan fingerprint density at radius 2 is 1.76 bits per heavy atom. The number of para-hydroxylation sites is 1. The van der Waals surface area contributed by atoms with E-state index in [1.807, 2.05) is 11.8 Å². The second-order valence-corrected chi connectivity index (χ2v) is 8.80. The van der Waals surface area contributed by atoms with Gasteiger partial charge >= 0.3 is 0 Å². The highest BCUT2D eigenvalue weighted by molar-refractivity contribution is 7.99. The summed E-state index contributed by atoms with van der Waals surface area (Å²) >= 11 is 1.93. The minimum Gasteiger partial charge on any atom is -0.361 e. The molecule has 29 heavy (non-hydrogen) atoms. The van der Waals surface area contributed by atoms with Crippen molar-refractivity contribution in [2.24, 2.45) is 0 Å². The van der Waals surface area contributed by atoms with Crippen LogP contribution in [0.2, 0.25) is 0 Å². The molecule has 0 fully saturated rings. The zero-order valence-corrected chi connectivity index (χ0v) is 17.3. The number of anilines is 1. The molecule has 6 nitrogen and oxygen atoms in total. The highest BCUT2D eigenvalue weighted by Gasteiger charge is 2.17. The molecule has 0 saturated heterocycles. The Hall–Kier alpha value is -2.68. The molecular weight excluding hydrogens is 406 g/mol. The van der Waals surface area contributed by atoms with Crippen LogP contribution >= 0.6 is 11.8 Å². The monoisotopic (exact) mass is 425 g/mol. The summed E-state index contributed by atoms with van der Waals surface area (Å²) in [5.74, 6) is 1.12. The third kappa shape index (κ3) is 3.91. The average Bonchev–Trinajstić information content (AvgIpc) is 3.16. The van der Waals surface area contributed by atoms with Gasteiger partial charge in [-0.1, -0.05) is 18.2 Å². The number of hydrogen-bond acceptors (Lipinski definition) is 6. The van der Waals surface area contributed by atoms with Gasteiger partial charge in [-0.2, -0.15) is 8.42 Å². The third-order valence-electron chi connectivity index (χ3n) is 4.66. The standard InChI is InChI=1S/C12H8N2O3S.C9H11NS/c15-18(16,17)10-7-8-3-1-5-13-11(8)12-9(10)4-2-6-14-12;1-2-10-7-11-9-6-4-3-5-8(9)10/h1-7H,(H,15,16,17);3-6H,2,7H2,1H3. The molecule has 0 amide bonds. The molecule has 2 aromatic heterocycles. The maximum atomic E-state index is 11.4. The van der Waals surface area contributed by atoms with Gasteiger partial charge in [-0.15, -0.1) is 11.8 Å². The van der Waals surface area contributed by atoms with Gasteiger partial charge in [0, 0.05) is 34.6 Å². The Labute approximate surface area is 173 Å². The fourth-order valence-electron chi connectivity index (χ4n) is 3.28. The summed E-state index contributed by atoms with van der Waals surface area (Å²) in [5.41, 5.74) is 2.48.